The summed E-state index contributed by atoms with van der Waals surface area (Å²) in [5.41, 5.74) is 5.91. The minimum Gasteiger partial charge on any atom is -0.327 e. The van der Waals surface area contributed by atoms with Crippen LogP contribution < -0.4 is 5.73 Å². The van der Waals surface area contributed by atoms with Crippen LogP contribution in [0.5, 0.6) is 0 Å². The smallest absolute Gasteiger partial charge is 0.0238 e. The predicted molar refractivity (Wildman–Crippen MR) is 45.3 cm³/mol. The van der Waals surface area contributed by atoms with Crippen molar-refractivity contribution in [2.24, 2.45) is 11.7 Å². The fourth-order valence-electron chi connectivity index (χ4n) is 1.75. The number of nitrogens with two attached hydrogens (primary N) is 1. The lowest BCUT2D eigenvalue weighted by Crippen LogP contribution is -2.28. The second-order valence-electron chi connectivity index (χ2n) is 3.19. The number of hydrogen-bond acceptors (Lipinski definition) is 1. The Bertz CT molecular complexity index is 89.3. The zero-order chi connectivity index (χ0) is 7.40. The molecule has 1 fully saturated rings. The van der Waals surface area contributed by atoms with Gasteiger partial charge in [0.2, 0.25) is 0 Å². The predicted octanol–water partition coefficient (Wildman–Crippen LogP) is 2.13. The molecule has 0 amide bonds. The lowest BCUT2D eigenvalue weighted by Gasteiger charge is -2.16. The molecule has 0 aromatic carbocycles. The highest BCUT2D eigenvalue weighted by Crippen LogP contribution is 2.27. The Balaban J connectivity index is 2.18. The SMILES string of the molecule is NC(CCCl)C1CCCC1. The Hall–Kier alpha value is 0.250. The summed E-state index contributed by atoms with van der Waals surface area (Å²) < 4.78 is 0. The van der Waals surface area contributed by atoms with Gasteiger partial charge in [-0.1, -0.05) is 12.8 Å². The summed E-state index contributed by atoms with van der Waals surface area (Å²) in [5, 5.41) is 0. The Morgan fingerprint density at radius 2 is 2.00 bits per heavy atom. The molecule has 60 valence electrons. The molecule has 0 aliphatic heterocycles. The molecule has 10 heavy (non-hydrogen) atoms. The van der Waals surface area contributed by atoms with Gasteiger partial charge in [-0.2, -0.15) is 0 Å². The Morgan fingerprint density at radius 3 is 2.50 bits per heavy atom. The van der Waals surface area contributed by atoms with Crippen molar-refractivity contribution in [3.05, 3.63) is 0 Å². The summed E-state index contributed by atoms with van der Waals surface area (Å²) in [6.45, 7) is 0. The van der Waals surface area contributed by atoms with Crippen molar-refractivity contribution in [3.8, 4) is 0 Å². The molecule has 1 atom stereocenters. The van der Waals surface area contributed by atoms with E-state index in [-0.39, 0.29) is 0 Å². The third-order valence-electron chi connectivity index (χ3n) is 2.45. The minimum absolute atomic E-state index is 0.375. The van der Waals surface area contributed by atoms with Crippen LogP contribution in [0.4, 0.5) is 0 Å². The molecule has 1 rings (SSSR count). The van der Waals surface area contributed by atoms with E-state index in [1.54, 1.807) is 0 Å². The molecule has 0 bridgehead atoms. The van der Waals surface area contributed by atoms with Crippen LogP contribution in [0.2, 0.25) is 0 Å². The summed E-state index contributed by atoms with van der Waals surface area (Å²) in [4.78, 5) is 0. The largest absolute Gasteiger partial charge is 0.327 e. The standard InChI is InChI=1S/C8H16ClN/c9-6-5-8(10)7-3-1-2-4-7/h7-8H,1-6,10H2. The summed E-state index contributed by atoms with van der Waals surface area (Å²) in [7, 11) is 0. The second-order valence-corrected chi connectivity index (χ2v) is 3.56. The first kappa shape index (κ1) is 8.35. The first-order valence-corrected chi connectivity index (χ1v) is 4.69. The van der Waals surface area contributed by atoms with Crippen LogP contribution in [0.15, 0.2) is 0 Å². The third-order valence-corrected chi connectivity index (χ3v) is 2.67. The first-order valence-electron chi connectivity index (χ1n) is 4.16. The summed E-state index contributed by atoms with van der Waals surface area (Å²) in [5.74, 6) is 1.50. The maximum Gasteiger partial charge on any atom is 0.0238 e. The van der Waals surface area contributed by atoms with Crippen LogP contribution in [0.1, 0.15) is 32.1 Å². The first-order chi connectivity index (χ1) is 4.84. The molecule has 1 nitrogen and oxygen atoms in total. The number of alkyl halides is 1. The molecule has 1 saturated carbocycles. The maximum atomic E-state index is 5.91. The van der Waals surface area contributed by atoms with E-state index in [0.29, 0.717) is 6.04 Å². The molecule has 0 aromatic heterocycles. The maximum absolute atomic E-state index is 5.91. The molecule has 0 aromatic rings. The van der Waals surface area contributed by atoms with E-state index >= 15 is 0 Å². The number of rotatable bonds is 3. The highest BCUT2D eigenvalue weighted by atomic mass is 35.5. The van der Waals surface area contributed by atoms with Crippen LogP contribution in [0.3, 0.4) is 0 Å². The molecule has 0 heterocycles. The fourth-order valence-corrected chi connectivity index (χ4v) is 2.00. The second kappa shape index (κ2) is 4.20. The van der Waals surface area contributed by atoms with Crippen molar-refractivity contribution in [1.82, 2.24) is 0 Å². The number of halogens is 1. The van der Waals surface area contributed by atoms with E-state index in [0.717, 1.165) is 18.2 Å². The van der Waals surface area contributed by atoms with Crippen molar-refractivity contribution in [3.63, 3.8) is 0 Å². The van der Waals surface area contributed by atoms with Crippen molar-refractivity contribution in [1.29, 1.82) is 0 Å². The Morgan fingerprint density at radius 1 is 1.40 bits per heavy atom. The van der Waals surface area contributed by atoms with Crippen LogP contribution in [-0.2, 0) is 0 Å². The molecule has 2 heteroatoms. The molecule has 1 aliphatic rings. The van der Waals surface area contributed by atoms with E-state index in [4.69, 9.17) is 17.3 Å². The summed E-state index contributed by atoms with van der Waals surface area (Å²) in [6, 6.07) is 0.375. The molecular weight excluding hydrogens is 146 g/mol. The van der Waals surface area contributed by atoms with Crippen molar-refractivity contribution < 1.29 is 0 Å². The van der Waals surface area contributed by atoms with Gasteiger partial charge in [-0.15, -0.1) is 11.6 Å². The monoisotopic (exact) mass is 161 g/mol. The lowest BCUT2D eigenvalue weighted by atomic mass is 9.97. The van der Waals surface area contributed by atoms with Gasteiger partial charge in [0, 0.05) is 11.9 Å². The van der Waals surface area contributed by atoms with E-state index in [1.165, 1.54) is 25.7 Å². The normalized spacial score (nSPS) is 23.4. The molecule has 0 spiro atoms. The Labute approximate surface area is 67.9 Å². The van der Waals surface area contributed by atoms with E-state index in [2.05, 4.69) is 0 Å². The molecular formula is C8H16ClN. The van der Waals surface area contributed by atoms with Crippen LogP contribution in [-0.4, -0.2) is 11.9 Å². The zero-order valence-electron chi connectivity index (χ0n) is 6.35. The van der Waals surface area contributed by atoms with Crippen molar-refractivity contribution in [2.45, 2.75) is 38.1 Å². The van der Waals surface area contributed by atoms with E-state index in [1.807, 2.05) is 0 Å². The van der Waals surface area contributed by atoms with Gasteiger partial charge in [-0.05, 0) is 25.2 Å². The van der Waals surface area contributed by atoms with Crippen LogP contribution >= 0.6 is 11.6 Å². The average molecular weight is 162 g/mol. The minimum atomic E-state index is 0.375. The quantitative estimate of drug-likeness (QED) is 0.631. The van der Waals surface area contributed by atoms with Gasteiger partial charge in [0.15, 0.2) is 0 Å². The Kier molecular flexibility index (Phi) is 3.50. The van der Waals surface area contributed by atoms with Gasteiger partial charge in [0.05, 0.1) is 0 Å². The van der Waals surface area contributed by atoms with E-state index in [9.17, 15) is 0 Å². The van der Waals surface area contributed by atoms with Gasteiger partial charge >= 0.3 is 0 Å². The molecule has 0 saturated heterocycles. The topological polar surface area (TPSA) is 26.0 Å². The molecule has 1 unspecified atom stereocenters. The van der Waals surface area contributed by atoms with Crippen molar-refractivity contribution >= 4 is 11.6 Å². The van der Waals surface area contributed by atoms with Gasteiger partial charge in [-0.3, -0.25) is 0 Å². The fraction of sp³-hybridized carbons (Fsp3) is 1.00. The van der Waals surface area contributed by atoms with Gasteiger partial charge < -0.3 is 5.73 Å². The van der Waals surface area contributed by atoms with Gasteiger partial charge in [-0.25, -0.2) is 0 Å². The summed E-state index contributed by atoms with van der Waals surface area (Å²) in [6.07, 6.45) is 6.41. The third kappa shape index (κ3) is 2.14. The molecule has 2 N–H and O–H groups in total. The zero-order valence-corrected chi connectivity index (χ0v) is 7.11. The summed E-state index contributed by atoms with van der Waals surface area (Å²) >= 11 is 5.59. The van der Waals surface area contributed by atoms with E-state index < -0.39 is 0 Å². The highest BCUT2D eigenvalue weighted by molar-refractivity contribution is 6.17. The van der Waals surface area contributed by atoms with Crippen LogP contribution in [0, 0.1) is 5.92 Å². The highest BCUT2D eigenvalue weighted by Gasteiger charge is 2.20. The number of hydrogen-bond donors (Lipinski definition) is 1. The lowest BCUT2D eigenvalue weighted by molar-refractivity contribution is 0.423. The average Bonchev–Trinajstić information content (AvgIpc) is 2.38. The van der Waals surface area contributed by atoms with Crippen LogP contribution in [0.25, 0.3) is 0 Å². The molecule has 0 radical (unpaired) electrons. The van der Waals surface area contributed by atoms with Gasteiger partial charge in [0.25, 0.3) is 0 Å². The van der Waals surface area contributed by atoms with Crippen molar-refractivity contribution in [2.75, 3.05) is 5.88 Å². The van der Waals surface area contributed by atoms with Gasteiger partial charge in [0.1, 0.15) is 0 Å². The molecule has 1 aliphatic carbocycles.